The van der Waals surface area contributed by atoms with E-state index in [1.54, 1.807) is 14.1 Å². The van der Waals surface area contributed by atoms with Crippen molar-refractivity contribution >= 4 is 11.8 Å². The number of nitrogens with one attached hydrogen (secondary N) is 1. The Kier molecular flexibility index (Phi) is 4.26. The zero-order valence-electron chi connectivity index (χ0n) is 7.18. The Morgan fingerprint density at radius 3 is 2.27 bits per heavy atom. The molecule has 4 heteroatoms. The van der Waals surface area contributed by atoms with Crippen LogP contribution in [0, 0.1) is 0 Å². The van der Waals surface area contributed by atoms with Crippen LogP contribution < -0.4 is 5.32 Å². The first-order valence-electron chi connectivity index (χ1n) is 3.48. The summed E-state index contributed by atoms with van der Waals surface area (Å²) < 4.78 is 0. The van der Waals surface area contributed by atoms with Crippen molar-refractivity contribution in [3.63, 3.8) is 0 Å². The Hall–Kier alpha value is -1.06. The van der Waals surface area contributed by atoms with Gasteiger partial charge < -0.3 is 10.2 Å². The zero-order valence-corrected chi connectivity index (χ0v) is 7.18. The molecule has 0 bridgehead atoms. The average Bonchev–Trinajstić information content (AvgIpc) is 1.86. The second-order valence-corrected chi connectivity index (χ2v) is 2.58. The predicted octanol–water partition coefficient (Wildman–Crippen LogP) is 0.237. The minimum absolute atomic E-state index is 0.0871. The molecule has 1 N–H and O–H groups in total. The van der Waals surface area contributed by atoms with Crippen LogP contribution in [0.25, 0.3) is 0 Å². The number of amides is 2. The molecule has 0 spiro atoms. The molecule has 0 aromatic carbocycles. The van der Waals surface area contributed by atoms with E-state index >= 15 is 0 Å². The number of carbonyl (C=O) groups is 2. The molecule has 0 aromatic rings. The summed E-state index contributed by atoms with van der Waals surface area (Å²) in [6, 6.07) is -0.161. The van der Waals surface area contributed by atoms with E-state index in [4.69, 9.17) is 0 Å². The lowest BCUT2D eigenvalue weighted by Crippen LogP contribution is -2.35. The van der Waals surface area contributed by atoms with Gasteiger partial charge in [0, 0.05) is 27.1 Å². The second-order valence-electron chi connectivity index (χ2n) is 2.58. The van der Waals surface area contributed by atoms with E-state index in [-0.39, 0.29) is 11.8 Å². The Morgan fingerprint density at radius 1 is 1.36 bits per heavy atom. The summed E-state index contributed by atoms with van der Waals surface area (Å²) in [5, 5.41) is 2.58. The second kappa shape index (κ2) is 4.71. The van der Waals surface area contributed by atoms with Gasteiger partial charge in [-0.15, -0.1) is 0 Å². The highest BCUT2D eigenvalue weighted by molar-refractivity contribution is 5.77. The molecule has 0 radical (unpaired) electrons. The van der Waals surface area contributed by atoms with E-state index in [2.05, 4.69) is 5.32 Å². The van der Waals surface area contributed by atoms with Crippen molar-refractivity contribution in [1.29, 1.82) is 0 Å². The lowest BCUT2D eigenvalue weighted by molar-refractivity contribution is -0.116. The third-order valence-electron chi connectivity index (χ3n) is 1.16. The van der Waals surface area contributed by atoms with Gasteiger partial charge in [-0.3, -0.25) is 4.79 Å². The number of carbonyl (C=O) groups excluding carboxylic acids is 2. The van der Waals surface area contributed by atoms with Gasteiger partial charge in [0.2, 0.25) is 0 Å². The molecule has 11 heavy (non-hydrogen) atoms. The molecule has 0 aliphatic rings. The number of ketones is 1. The lowest BCUT2D eigenvalue weighted by atomic mass is 10.3. The Bertz CT molecular complexity index is 155. The van der Waals surface area contributed by atoms with Crippen molar-refractivity contribution in [1.82, 2.24) is 10.2 Å². The number of nitrogens with zero attached hydrogens (tertiary/aromatic N) is 1. The highest BCUT2D eigenvalue weighted by Crippen LogP contribution is 1.80. The van der Waals surface area contributed by atoms with Gasteiger partial charge in [-0.1, -0.05) is 0 Å². The summed E-state index contributed by atoms with van der Waals surface area (Å²) in [6.45, 7) is 1.92. The molecule has 0 fully saturated rings. The maximum atomic E-state index is 10.8. The van der Waals surface area contributed by atoms with Crippen LogP contribution >= 0.6 is 0 Å². The first kappa shape index (κ1) is 9.94. The largest absolute Gasteiger partial charge is 0.338 e. The number of rotatable bonds is 3. The smallest absolute Gasteiger partial charge is 0.316 e. The molecule has 0 saturated carbocycles. The molecule has 0 aliphatic carbocycles. The van der Waals surface area contributed by atoms with Gasteiger partial charge >= 0.3 is 6.03 Å². The van der Waals surface area contributed by atoms with Gasteiger partial charge in [0.05, 0.1) is 0 Å². The van der Waals surface area contributed by atoms with E-state index in [1.807, 2.05) is 0 Å². The molecule has 2 amide bonds. The van der Waals surface area contributed by atoms with Crippen LogP contribution in [0.2, 0.25) is 0 Å². The van der Waals surface area contributed by atoms with E-state index in [9.17, 15) is 9.59 Å². The highest BCUT2D eigenvalue weighted by atomic mass is 16.2. The average molecular weight is 158 g/mol. The maximum absolute atomic E-state index is 10.8. The zero-order chi connectivity index (χ0) is 8.85. The van der Waals surface area contributed by atoms with Crippen LogP contribution in [0.1, 0.15) is 13.3 Å². The Labute approximate surface area is 66.6 Å². The fraction of sp³-hybridized carbons (Fsp3) is 0.714. The molecule has 0 rings (SSSR count). The van der Waals surface area contributed by atoms with E-state index in [1.165, 1.54) is 11.8 Å². The van der Waals surface area contributed by atoms with Gasteiger partial charge in [-0.05, 0) is 6.92 Å². The fourth-order valence-electron chi connectivity index (χ4n) is 0.504. The summed E-state index contributed by atoms with van der Waals surface area (Å²) in [6.07, 6.45) is 0.402. The van der Waals surface area contributed by atoms with Gasteiger partial charge in [0.15, 0.2) is 0 Å². The van der Waals surface area contributed by atoms with E-state index < -0.39 is 0 Å². The number of hydrogen-bond acceptors (Lipinski definition) is 2. The minimum atomic E-state index is -0.161. The summed E-state index contributed by atoms with van der Waals surface area (Å²) in [4.78, 5) is 22.7. The van der Waals surface area contributed by atoms with Crippen molar-refractivity contribution in [2.24, 2.45) is 0 Å². The van der Waals surface area contributed by atoms with Crippen LogP contribution in [0.15, 0.2) is 0 Å². The van der Waals surface area contributed by atoms with Crippen molar-refractivity contribution in [2.75, 3.05) is 20.6 Å². The monoisotopic (exact) mass is 158 g/mol. The van der Waals surface area contributed by atoms with Crippen LogP contribution in [0.4, 0.5) is 4.79 Å². The maximum Gasteiger partial charge on any atom is 0.316 e. The molecule has 0 aliphatic heterocycles. The van der Waals surface area contributed by atoms with Gasteiger partial charge in [0.1, 0.15) is 5.78 Å². The molecule has 4 nitrogen and oxygen atoms in total. The normalized spacial score (nSPS) is 9.00. The fourth-order valence-corrected chi connectivity index (χ4v) is 0.504. The van der Waals surface area contributed by atoms with Crippen LogP contribution in [0.5, 0.6) is 0 Å². The molecule has 0 heterocycles. The third-order valence-corrected chi connectivity index (χ3v) is 1.16. The molecule has 0 saturated heterocycles. The predicted molar refractivity (Wildman–Crippen MR) is 42.4 cm³/mol. The summed E-state index contributed by atoms with van der Waals surface area (Å²) in [5.74, 6) is 0.0871. The number of Topliss-reactive ketones (excluding diaryl/α,β-unsaturated/α-hetero) is 1. The topological polar surface area (TPSA) is 49.4 Å². The first-order valence-corrected chi connectivity index (χ1v) is 3.48. The number of hydrogen-bond donors (Lipinski definition) is 1. The van der Waals surface area contributed by atoms with Gasteiger partial charge in [-0.2, -0.15) is 0 Å². The Balaban J connectivity index is 3.39. The lowest BCUT2D eigenvalue weighted by Gasteiger charge is -2.10. The molecule has 0 unspecified atom stereocenters. The molecule has 64 valence electrons. The first-order chi connectivity index (χ1) is 5.04. The van der Waals surface area contributed by atoms with Crippen molar-refractivity contribution in [3.8, 4) is 0 Å². The highest BCUT2D eigenvalue weighted by Gasteiger charge is 2.01. The van der Waals surface area contributed by atoms with Crippen LogP contribution in [-0.4, -0.2) is 37.4 Å². The SMILES string of the molecule is CC(=O)CCNC(=O)N(C)C. The van der Waals surface area contributed by atoms with Crippen molar-refractivity contribution in [3.05, 3.63) is 0 Å². The summed E-state index contributed by atoms with van der Waals surface area (Å²) in [7, 11) is 3.31. The molecule has 0 aromatic heterocycles. The number of urea groups is 1. The standard InChI is InChI=1S/C7H14N2O2/c1-6(10)4-5-8-7(11)9(2)3/h4-5H2,1-3H3,(H,8,11). The molecular weight excluding hydrogens is 144 g/mol. The third kappa shape index (κ3) is 5.39. The summed E-state index contributed by atoms with van der Waals surface area (Å²) >= 11 is 0. The van der Waals surface area contributed by atoms with Crippen LogP contribution in [0.3, 0.4) is 0 Å². The van der Waals surface area contributed by atoms with E-state index in [0.29, 0.717) is 13.0 Å². The Morgan fingerprint density at radius 2 is 1.91 bits per heavy atom. The molecular formula is C7H14N2O2. The van der Waals surface area contributed by atoms with E-state index in [0.717, 1.165) is 0 Å². The van der Waals surface area contributed by atoms with Gasteiger partial charge in [-0.25, -0.2) is 4.79 Å². The van der Waals surface area contributed by atoms with Crippen molar-refractivity contribution < 1.29 is 9.59 Å². The quantitative estimate of drug-likeness (QED) is 0.639. The van der Waals surface area contributed by atoms with Crippen molar-refractivity contribution in [2.45, 2.75) is 13.3 Å². The minimum Gasteiger partial charge on any atom is -0.338 e. The van der Waals surface area contributed by atoms with Crippen LogP contribution in [-0.2, 0) is 4.79 Å². The molecule has 0 atom stereocenters. The summed E-state index contributed by atoms with van der Waals surface area (Å²) in [5.41, 5.74) is 0. The van der Waals surface area contributed by atoms with Gasteiger partial charge in [0.25, 0.3) is 0 Å².